The minimum atomic E-state index is 0.775. The summed E-state index contributed by atoms with van der Waals surface area (Å²) in [4.78, 5) is 3.13. The van der Waals surface area contributed by atoms with Crippen LogP contribution >= 0.6 is 27.5 Å². The van der Waals surface area contributed by atoms with Crippen LogP contribution in [0.2, 0.25) is 5.02 Å². The Morgan fingerprint density at radius 3 is 3.07 bits per heavy atom. The van der Waals surface area contributed by atoms with Gasteiger partial charge in [0.15, 0.2) is 0 Å². The molecule has 0 amide bonds. The molecule has 72 valence electrons. The van der Waals surface area contributed by atoms with E-state index in [1.165, 1.54) is 5.39 Å². The summed E-state index contributed by atoms with van der Waals surface area (Å²) in [6.45, 7) is 0. The van der Waals surface area contributed by atoms with Gasteiger partial charge in [-0.25, -0.2) is 0 Å². The number of aromatic nitrogens is 1. The molecular formula is C11H9BrClN. The van der Waals surface area contributed by atoms with Gasteiger partial charge in [0.1, 0.15) is 0 Å². The molecule has 1 aromatic carbocycles. The van der Waals surface area contributed by atoms with E-state index in [1.807, 2.05) is 30.5 Å². The van der Waals surface area contributed by atoms with Crippen molar-refractivity contribution in [1.82, 2.24) is 4.98 Å². The fraction of sp³-hybridized carbons (Fsp3) is 0.0909. The van der Waals surface area contributed by atoms with Gasteiger partial charge in [0.2, 0.25) is 0 Å². The van der Waals surface area contributed by atoms with Crippen LogP contribution in [-0.2, 0) is 0 Å². The molecule has 0 aliphatic carbocycles. The average molecular weight is 271 g/mol. The number of alkyl halides is 1. The molecule has 3 heteroatoms. The lowest BCUT2D eigenvalue weighted by Gasteiger charge is -1.98. The molecule has 0 saturated carbocycles. The second-order valence-corrected chi connectivity index (χ2v) is 4.05. The van der Waals surface area contributed by atoms with E-state index in [9.17, 15) is 0 Å². The highest BCUT2D eigenvalue weighted by Crippen LogP contribution is 2.24. The lowest BCUT2D eigenvalue weighted by atomic mass is 10.1. The number of hydrogen-bond donors (Lipinski definition) is 1. The SMILES string of the molecule is Clc1cc2[nH]ccc2cc1C=CCBr. The van der Waals surface area contributed by atoms with Crippen molar-refractivity contribution in [3.63, 3.8) is 0 Å². The molecule has 1 aromatic heterocycles. The highest BCUT2D eigenvalue weighted by atomic mass is 79.9. The molecular weight excluding hydrogens is 261 g/mol. The van der Waals surface area contributed by atoms with E-state index in [2.05, 4.69) is 27.0 Å². The molecule has 1 nitrogen and oxygen atoms in total. The van der Waals surface area contributed by atoms with E-state index in [0.717, 1.165) is 21.4 Å². The van der Waals surface area contributed by atoms with Crippen molar-refractivity contribution in [2.24, 2.45) is 0 Å². The summed E-state index contributed by atoms with van der Waals surface area (Å²) >= 11 is 9.45. The highest BCUT2D eigenvalue weighted by molar-refractivity contribution is 9.09. The number of halogens is 2. The van der Waals surface area contributed by atoms with Gasteiger partial charge in [-0.3, -0.25) is 0 Å². The molecule has 0 aliphatic heterocycles. The number of nitrogens with one attached hydrogen (secondary N) is 1. The second-order valence-electron chi connectivity index (χ2n) is 3.00. The number of rotatable bonds is 2. The zero-order valence-electron chi connectivity index (χ0n) is 7.43. The molecule has 14 heavy (non-hydrogen) atoms. The fourth-order valence-corrected chi connectivity index (χ4v) is 1.80. The zero-order chi connectivity index (χ0) is 9.97. The molecule has 1 N–H and O–H groups in total. The Bertz CT molecular complexity index is 473. The average Bonchev–Trinajstić information content (AvgIpc) is 2.61. The first-order valence-corrected chi connectivity index (χ1v) is 5.80. The molecule has 0 saturated heterocycles. The third-order valence-corrected chi connectivity index (χ3v) is 2.76. The summed E-state index contributed by atoms with van der Waals surface area (Å²) in [5, 5.41) is 2.80. The number of fused-ring (bicyclic) bond motifs is 1. The first-order chi connectivity index (χ1) is 6.81. The Morgan fingerprint density at radius 1 is 1.43 bits per heavy atom. The molecule has 0 atom stereocenters. The first-order valence-electron chi connectivity index (χ1n) is 4.30. The van der Waals surface area contributed by atoms with Gasteiger partial charge in [-0.05, 0) is 23.8 Å². The molecule has 0 bridgehead atoms. The van der Waals surface area contributed by atoms with Gasteiger partial charge in [-0.1, -0.05) is 39.7 Å². The predicted octanol–water partition coefficient (Wildman–Crippen LogP) is 4.23. The van der Waals surface area contributed by atoms with Crippen molar-refractivity contribution in [3.05, 3.63) is 41.1 Å². The summed E-state index contributed by atoms with van der Waals surface area (Å²) in [5.41, 5.74) is 2.13. The standard InChI is InChI=1S/C11H9BrClN/c12-4-1-2-8-6-9-3-5-14-11(9)7-10(8)13/h1-3,5-7,14H,4H2. The number of hydrogen-bond acceptors (Lipinski definition) is 0. The van der Waals surface area contributed by atoms with Crippen LogP contribution in [0, 0.1) is 0 Å². The molecule has 0 spiro atoms. The van der Waals surface area contributed by atoms with Gasteiger partial charge in [0.05, 0.1) is 0 Å². The van der Waals surface area contributed by atoms with Crippen molar-refractivity contribution in [2.45, 2.75) is 0 Å². The van der Waals surface area contributed by atoms with Crippen molar-refractivity contribution < 1.29 is 0 Å². The van der Waals surface area contributed by atoms with Gasteiger partial charge in [0.25, 0.3) is 0 Å². The lowest BCUT2D eigenvalue weighted by molar-refractivity contribution is 1.48. The molecule has 1 heterocycles. The first kappa shape index (κ1) is 9.81. The van der Waals surface area contributed by atoms with Gasteiger partial charge in [0, 0.05) is 27.5 Å². The smallest absolute Gasteiger partial charge is 0.0499 e. The van der Waals surface area contributed by atoms with Gasteiger partial charge in [-0.15, -0.1) is 0 Å². The van der Waals surface area contributed by atoms with Gasteiger partial charge < -0.3 is 4.98 Å². The Balaban J connectivity index is 2.53. The Hall–Kier alpha value is -0.730. The van der Waals surface area contributed by atoms with Crippen LogP contribution in [0.25, 0.3) is 17.0 Å². The molecule has 0 unspecified atom stereocenters. The van der Waals surface area contributed by atoms with Crippen LogP contribution in [0.4, 0.5) is 0 Å². The maximum Gasteiger partial charge on any atom is 0.0499 e. The maximum absolute atomic E-state index is 6.11. The van der Waals surface area contributed by atoms with Crippen LogP contribution in [0.15, 0.2) is 30.5 Å². The maximum atomic E-state index is 6.11. The van der Waals surface area contributed by atoms with E-state index in [0.29, 0.717) is 0 Å². The summed E-state index contributed by atoms with van der Waals surface area (Å²) < 4.78 is 0. The van der Waals surface area contributed by atoms with Crippen LogP contribution in [0.1, 0.15) is 5.56 Å². The van der Waals surface area contributed by atoms with Gasteiger partial charge >= 0.3 is 0 Å². The van der Waals surface area contributed by atoms with Crippen LogP contribution in [0.3, 0.4) is 0 Å². The molecule has 0 fully saturated rings. The van der Waals surface area contributed by atoms with Gasteiger partial charge in [-0.2, -0.15) is 0 Å². The summed E-state index contributed by atoms with van der Waals surface area (Å²) in [6, 6.07) is 6.06. The van der Waals surface area contributed by atoms with Crippen molar-refractivity contribution in [3.8, 4) is 0 Å². The number of H-pyrrole nitrogens is 1. The van der Waals surface area contributed by atoms with Crippen LogP contribution in [-0.4, -0.2) is 10.3 Å². The zero-order valence-corrected chi connectivity index (χ0v) is 9.77. The Labute approximate surface area is 95.9 Å². The minimum Gasteiger partial charge on any atom is -0.361 e. The molecule has 2 aromatic rings. The minimum absolute atomic E-state index is 0.775. The topological polar surface area (TPSA) is 15.8 Å². The largest absolute Gasteiger partial charge is 0.361 e. The summed E-state index contributed by atoms with van der Waals surface area (Å²) in [5.74, 6) is 0. The van der Waals surface area contributed by atoms with Crippen molar-refractivity contribution in [2.75, 3.05) is 5.33 Å². The quantitative estimate of drug-likeness (QED) is 0.786. The van der Waals surface area contributed by atoms with Crippen LogP contribution < -0.4 is 0 Å². The fourth-order valence-electron chi connectivity index (χ4n) is 1.39. The van der Waals surface area contributed by atoms with Crippen molar-refractivity contribution >= 4 is 44.5 Å². The van der Waals surface area contributed by atoms with E-state index < -0.39 is 0 Å². The number of aromatic amines is 1. The van der Waals surface area contributed by atoms with Crippen molar-refractivity contribution in [1.29, 1.82) is 0 Å². The Morgan fingerprint density at radius 2 is 2.29 bits per heavy atom. The summed E-state index contributed by atoms with van der Waals surface area (Å²) in [7, 11) is 0. The van der Waals surface area contributed by atoms with E-state index in [4.69, 9.17) is 11.6 Å². The van der Waals surface area contributed by atoms with E-state index >= 15 is 0 Å². The summed E-state index contributed by atoms with van der Waals surface area (Å²) in [6.07, 6.45) is 5.96. The number of benzene rings is 1. The molecule has 0 aliphatic rings. The molecule has 0 radical (unpaired) electrons. The molecule has 2 rings (SSSR count). The Kier molecular flexibility index (Phi) is 2.94. The highest BCUT2D eigenvalue weighted by Gasteiger charge is 2.00. The third-order valence-electron chi connectivity index (χ3n) is 2.06. The normalized spacial score (nSPS) is 11.6. The van der Waals surface area contributed by atoms with E-state index in [-0.39, 0.29) is 0 Å². The van der Waals surface area contributed by atoms with Crippen LogP contribution in [0.5, 0.6) is 0 Å². The number of allylic oxidation sites excluding steroid dienone is 1. The monoisotopic (exact) mass is 269 g/mol. The third kappa shape index (κ3) is 1.86. The second kappa shape index (κ2) is 4.20. The van der Waals surface area contributed by atoms with E-state index in [1.54, 1.807) is 0 Å². The lowest BCUT2D eigenvalue weighted by Crippen LogP contribution is -1.76. The predicted molar refractivity (Wildman–Crippen MR) is 66.1 cm³/mol.